The van der Waals surface area contributed by atoms with Crippen molar-refractivity contribution in [1.82, 2.24) is 0 Å². The highest BCUT2D eigenvalue weighted by molar-refractivity contribution is 6.46. The van der Waals surface area contributed by atoms with Crippen molar-refractivity contribution >= 4 is 15.0 Å². The van der Waals surface area contributed by atoms with Crippen molar-refractivity contribution < 1.29 is 8.85 Å². The minimum atomic E-state index is -1.15. The molecule has 0 heterocycles. The molecule has 0 aromatic heterocycles. The molecule has 0 spiro atoms. The van der Waals surface area contributed by atoms with Gasteiger partial charge in [-0.15, -0.1) is 0 Å². The van der Waals surface area contributed by atoms with Gasteiger partial charge in [0.2, 0.25) is 0 Å². The first-order valence-electron chi connectivity index (χ1n) is 6.63. The van der Waals surface area contributed by atoms with Crippen LogP contribution in [0.5, 0.6) is 0 Å². The van der Waals surface area contributed by atoms with Crippen LogP contribution in [-0.4, -0.2) is 34.8 Å². The van der Waals surface area contributed by atoms with Crippen molar-refractivity contribution in [2.75, 3.05) is 19.8 Å². The van der Waals surface area contributed by atoms with E-state index in [9.17, 15) is 0 Å². The number of hydrogen-bond acceptors (Lipinski definition) is 3. The largest absolute Gasteiger partial charge is 0.393 e. The Bertz CT molecular complexity index is 213. The Kier molecular flexibility index (Phi) is 9.69. The van der Waals surface area contributed by atoms with Crippen LogP contribution >= 0.6 is 0 Å². The Hall–Kier alpha value is -0.193. The van der Waals surface area contributed by atoms with Gasteiger partial charge < -0.3 is 8.85 Å². The maximum Gasteiger partial charge on any atom is 0.389 e. The lowest BCUT2D eigenvalue weighted by Crippen LogP contribution is -2.29. The highest BCUT2D eigenvalue weighted by atomic mass is 28.3. The summed E-state index contributed by atoms with van der Waals surface area (Å²) in [6.45, 7) is 15.0. The smallest absolute Gasteiger partial charge is 0.389 e. The van der Waals surface area contributed by atoms with Gasteiger partial charge in [-0.3, -0.25) is 4.99 Å². The fourth-order valence-electron chi connectivity index (χ4n) is 1.63. The van der Waals surface area contributed by atoms with Crippen molar-refractivity contribution in [3.63, 3.8) is 0 Å². The Morgan fingerprint density at radius 3 is 2.06 bits per heavy atom. The number of nitrogens with zero attached hydrogens (tertiary/aromatic N) is 1. The zero-order valence-corrected chi connectivity index (χ0v) is 13.2. The predicted molar refractivity (Wildman–Crippen MR) is 75.9 cm³/mol. The normalized spacial score (nSPS) is 14.7. The number of aliphatic imine (C=N–C) groups is 1. The number of rotatable bonds is 9. The Morgan fingerprint density at radius 1 is 1.12 bits per heavy atom. The number of hydrogen-bond donors (Lipinski definition) is 0. The second kappa shape index (κ2) is 9.80. The maximum atomic E-state index is 5.67. The van der Waals surface area contributed by atoms with E-state index in [1.165, 1.54) is 5.71 Å². The van der Waals surface area contributed by atoms with Crippen LogP contribution < -0.4 is 0 Å². The average Bonchev–Trinajstić information content (AvgIpc) is 2.24. The molecule has 0 rings (SSSR count). The molecular weight excluding hydrogens is 230 g/mol. The molecule has 0 aliphatic heterocycles. The summed E-state index contributed by atoms with van der Waals surface area (Å²) in [5.74, 6) is 0.678. The van der Waals surface area contributed by atoms with Crippen LogP contribution in [0.3, 0.4) is 0 Å². The molecule has 0 aliphatic rings. The summed E-state index contributed by atoms with van der Waals surface area (Å²) in [4.78, 5) is 4.63. The van der Waals surface area contributed by atoms with E-state index >= 15 is 0 Å². The molecule has 4 heteroatoms. The van der Waals surface area contributed by atoms with E-state index in [0.29, 0.717) is 11.5 Å². The third-order valence-electron chi connectivity index (χ3n) is 2.31. The molecule has 3 nitrogen and oxygen atoms in total. The molecule has 0 aromatic rings. The Labute approximate surface area is 108 Å². The van der Waals surface area contributed by atoms with Crippen LogP contribution in [0.4, 0.5) is 0 Å². The Morgan fingerprint density at radius 2 is 1.65 bits per heavy atom. The van der Waals surface area contributed by atoms with Crippen LogP contribution in [0.1, 0.15) is 48.0 Å². The van der Waals surface area contributed by atoms with Crippen molar-refractivity contribution in [3.8, 4) is 0 Å². The van der Waals surface area contributed by atoms with Gasteiger partial charge in [0, 0.05) is 31.0 Å². The van der Waals surface area contributed by atoms with Gasteiger partial charge in [0.05, 0.1) is 0 Å². The van der Waals surface area contributed by atoms with Gasteiger partial charge in [-0.1, -0.05) is 20.8 Å². The first-order chi connectivity index (χ1) is 8.01. The summed E-state index contributed by atoms with van der Waals surface area (Å²) < 4.78 is 11.3. The summed E-state index contributed by atoms with van der Waals surface area (Å²) in [7, 11) is -1.15. The highest BCUT2D eigenvalue weighted by Crippen LogP contribution is 2.13. The van der Waals surface area contributed by atoms with E-state index in [0.717, 1.165) is 26.2 Å². The standard InChI is InChI=1S/C13H28NO2Si/c1-7-15-17(16-8-2)13(6)10-14-12(5)9-11(3)4/h11,13H,7-10H2,1-6H3. The molecule has 0 fully saturated rings. The van der Waals surface area contributed by atoms with Gasteiger partial charge in [0.15, 0.2) is 0 Å². The summed E-state index contributed by atoms with van der Waals surface area (Å²) in [5.41, 5.74) is 1.64. The second-order valence-electron chi connectivity index (χ2n) is 4.76. The molecule has 0 amide bonds. The third kappa shape index (κ3) is 8.52. The first kappa shape index (κ1) is 16.8. The topological polar surface area (TPSA) is 30.8 Å². The molecule has 0 N–H and O–H groups in total. The van der Waals surface area contributed by atoms with Crippen molar-refractivity contribution in [1.29, 1.82) is 0 Å². The summed E-state index contributed by atoms with van der Waals surface area (Å²) in [6.07, 6.45) is 1.08. The fourth-order valence-corrected chi connectivity index (χ4v) is 3.10. The van der Waals surface area contributed by atoms with Gasteiger partial charge in [0.1, 0.15) is 0 Å². The van der Waals surface area contributed by atoms with E-state index in [1.807, 2.05) is 13.8 Å². The van der Waals surface area contributed by atoms with Crippen LogP contribution in [-0.2, 0) is 8.85 Å². The van der Waals surface area contributed by atoms with Crippen molar-refractivity contribution in [3.05, 3.63) is 0 Å². The molecule has 1 unspecified atom stereocenters. The second-order valence-corrected chi connectivity index (χ2v) is 6.96. The highest BCUT2D eigenvalue weighted by Gasteiger charge is 2.23. The molecule has 1 radical (unpaired) electrons. The van der Waals surface area contributed by atoms with Crippen molar-refractivity contribution in [2.45, 2.75) is 53.5 Å². The zero-order valence-electron chi connectivity index (χ0n) is 12.2. The van der Waals surface area contributed by atoms with Gasteiger partial charge in [-0.25, -0.2) is 0 Å². The monoisotopic (exact) mass is 258 g/mol. The lowest BCUT2D eigenvalue weighted by Gasteiger charge is -2.18. The lowest BCUT2D eigenvalue weighted by molar-refractivity contribution is 0.206. The minimum absolute atomic E-state index is 0.405. The molecule has 101 valence electrons. The minimum Gasteiger partial charge on any atom is -0.393 e. The maximum absolute atomic E-state index is 5.67. The molecule has 0 aliphatic carbocycles. The summed E-state index contributed by atoms with van der Waals surface area (Å²) in [5, 5.41) is 0. The fraction of sp³-hybridized carbons (Fsp3) is 0.923. The van der Waals surface area contributed by atoms with E-state index in [1.54, 1.807) is 0 Å². The Balaban J connectivity index is 4.15. The van der Waals surface area contributed by atoms with Gasteiger partial charge in [-0.2, -0.15) is 0 Å². The molecule has 17 heavy (non-hydrogen) atoms. The SMILES string of the molecule is CCO[Si](OCC)C(C)CN=C(C)CC(C)C. The van der Waals surface area contributed by atoms with Gasteiger partial charge >= 0.3 is 9.28 Å². The van der Waals surface area contributed by atoms with Gasteiger partial charge in [0.25, 0.3) is 0 Å². The van der Waals surface area contributed by atoms with E-state index in [4.69, 9.17) is 8.85 Å². The van der Waals surface area contributed by atoms with Crippen LogP contribution in [0.25, 0.3) is 0 Å². The molecule has 0 bridgehead atoms. The molecule has 0 saturated carbocycles. The lowest BCUT2D eigenvalue weighted by atomic mass is 10.1. The molecule has 0 aromatic carbocycles. The molecular formula is C13H28NO2Si. The van der Waals surface area contributed by atoms with Crippen LogP contribution in [0.2, 0.25) is 5.54 Å². The van der Waals surface area contributed by atoms with Crippen molar-refractivity contribution in [2.24, 2.45) is 10.9 Å². The van der Waals surface area contributed by atoms with Crippen LogP contribution in [0, 0.1) is 5.92 Å². The van der Waals surface area contributed by atoms with E-state index in [-0.39, 0.29) is 0 Å². The van der Waals surface area contributed by atoms with Gasteiger partial charge in [-0.05, 0) is 33.1 Å². The van der Waals surface area contributed by atoms with E-state index in [2.05, 4.69) is 32.7 Å². The van der Waals surface area contributed by atoms with E-state index < -0.39 is 9.28 Å². The molecule has 1 atom stereocenters. The summed E-state index contributed by atoms with van der Waals surface area (Å²) >= 11 is 0. The predicted octanol–water partition coefficient (Wildman–Crippen LogP) is 3.44. The van der Waals surface area contributed by atoms with Crippen LogP contribution in [0.15, 0.2) is 4.99 Å². The summed E-state index contributed by atoms with van der Waals surface area (Å²) in [6, 6.07) is 0. The zero-order chi connectivity index (χ0) is 13.3. The quantitative estimate of drug-likeness (QED) is 0.468. The third-order valence-corrected chi connectivity index (χ3v) is 4.45. The first-order valence-corrected chi connectivity index (χ1v) is 8.02. The molecule has 0 saturated heterocycles. The average molecular weight is 258 g/mol.